The van der Waals surface area contributed by atoms with Crippen LogP contribution in [0.4, 0.5) is 0 Å². The Hall–Kier alpha value is -2.70. The molecule has 2 heterocycles. The summed E-state index contributed by atoms with van der Waals surface area (Å²) in [5.41, 5.74) is 0.932. The van der Waals surface area contributed by atoms with Crippen molar-refractivity contribution in [3.8, 4) is 17.1 Å². The van der Waals surface area contributed by atoms with E-state index in [0.29, 0.717) is 12.4 Å². The Morgan fingerprint density at radius 3 is 2.79 bits per heavy atom. The van der Waals surface area contributed by atoms with Crippen molar-refractivity contribution in [2.45, 2.75) is 6.54 Å². The third-order valence-electron chi connectivity index (χ3n) is 2.66. The van der Waals surface area contributed by atoms with E-state index in [1.807, 2.05) is 24.3 Å². The predicted molar refractivity (Wildman–Crippen MR) is 67.5 cm³/mol. The third-order valence-corrected chi connectivity index (χ3v) is 2.66. The van der Waals surface area contributed by atoms with Crippen molar-refractivity contribution in [2.24, 2.45) is 0 Å². The molecule has 7 nitrogen and oxygen atoms in total. The number of rotatable bonds is 4. The minimum Gasteiger partial charge on any atom is -0.497 e. The summed E-state index contributed by atoms with van der Waals surface area (Å²) in [6.07, 6.45) is 3.12. The number of aromatic nitrogens is 6. The van der Waals surface area contributed by atoms with E-state index >= 15 is 0 Å². The van der Waals surface area contributed by atoms with E-state index in [-0.39, 0.29) is 0 Å². The van der Waals surface area contributed by atoms with Gasteiger partial charge < -0.3 is 4.74 Å². The number of hydrogen-bond acceptors (Lipinski definition) is 5. The Balaban J connectivity index is 1.80. The summed E-state index contributed by atoms with van der Waals surface area (Å²) in [5, 5.41) is 11.1. The molecule has 7 heteroatoms. The average molecular weight is 256 g/mol. The maximum atomic E-state index is 5.11. The Labute approximate surface area is 109 Å². The first-order chi connectivity index (χ1) is 9.35. The largest absolute Gasteiger partial charge is 0.497 e. The first-order valence-corrected chi connectivity index (χ1v) is 5.73. The van der Waals surface area contributed by atoms with Crippen LogP contribution < -0.4 is 4.74 Å². The molecule has 0 radical (unpaired) electrons. The van der Waals surface area contributed by atoms with Gasteiger partial charge in [0.15, 0.2) is 5.82 Å². The van der Waals surface area contributed by atoms with Crippen LogP contribution >= 0.6 is 0 Å². The number of benzene rings is 1. The van der Waals surface area contributed by atoms with Crippen LogP contribution in [0.2, 0.25) is 0 Å². The molecular weight excluding hydrogens is 244 g/mol. The third kappa shape index (κ3) is 2.44. The molecule has 0 saturated carbocycles. The monoisotopic (exact) mass is 256 g/mol. The molecule has 19 heavy (non-hydrogen) atoms. The normalized spacial score (nSPS) is 10.6. The Morgan fingerprint density at radius 2 is 2.11 bits per heavy atom. The SMILES string of the molecule is COc1ccc(-c2n[nH]c(Cn3cncn3)n2)cc1. The Bertz CT molecular complexity index is 643. The number of H-pyrrole nitrogens is 1. The Kier molecular flexibility index (Phi) is 2.93. The molecule has 2 aromatic heterocycles. The molecule has 0 spiro atoms. The van der Waals surface area contributed by atoms with Crippen LogP contribution in [0.1, 0.15) is 5.82 Å². The van der Waals surface area contributed by atoms with Gasteiger partial charge in [-0.25, -0.2) is 14.6 Å². The lowest BCUT2D eigenvalue weighted by atomic mass is 10.2. The minimum absolute atomic E-state index is 0.517. The van der Waals surface area contributed by atoms with Crippen LogP contribution in [0, 0.1) is 0 Å². The fourth-order valence-electron chi connectivity index (χ4n) is 1.70. The topological polar surface area (TPSA) is 81.5 Å². The van der Waals surface area contributed by atoms with E-state index in [1.54, 1.807) is 18.1 Å². The lowest BCUT2D eigenvalue weighted by Gasteiger charge is -1.99. The first-order valence-electron chi connectivity index (χ1n) is 5.73. The van der Waals surface area contributed by atoms with Gasteiger partial charge in [-0.1, -0.05) is 0 Å². The van der Waals surface area contributed by atoms with Crippen LogP contribution in [0.5, 0.6) is 5.75 Å². The summed E-state index contributed by atoms with van der Waals surface area (Å²) < 4.78 is 6.79. The molecule has 1 aromatic carbocycles. The molecule has 1 N–H and O–H groups in total. The maximum Gasteiger partial charge on any atom is 0.181 e. The lowest BCUT2D eigenvalue weighted by molar-refractivity contribution is 0.415. The Morgan fingerprint density at radius 1 is 1.26 bits per heavy atom. The molecular formula is C12H12N6O. The van der Waals surface area contributed by atoms with Gasteiger partial charge in [-0.05, 0) is 24.3 Å². The molecule has 0 aliphatic carbocycles. The molecule has 3 aromatic rings. The maximum absolute atomic E-state index is 5.11. The van der Waals surface area contributed by atoms with Crippen LogP contribution in [0.3, 0.4) is 0 Å². The van der Waals surface area contributed by atoms with Gasteiger partial charge in [0, 0.05) is 5.56 Å². The number of aromatic amines is 1. The molecule has 0 aliphatic heterocycles. The quantitative estimate of drug-likeness (QED) is 0.756. The van der Waals surface area contributed by atoms with E-state index < -0.39 is 0 Å². The van der Waals surface area contributed by atoms with Gasteiger partial charge in [0.2, 0.25) is 0 Å². The van der Waals surface area contributed by atoms with Crippen LogP contribution in [-0.4, -0.2) is 37.1 Å². The van der Waals surface area contributed by atoms with Crippen LogP contribution in [0.15, 0.2) is 36.9 Å². The molecule has 0 atom stereocenters. The van der Waals surface area contributed by atoms with Gasteiger partial charge in [-0.2, -0.15) is 10.2 Å². The van der Waals surface area contributed by atoms with E-state index in [9.17, 15) is 0 Å². The van der Waals surface area contributed by atoms with Crippen molar-refractivity contribution in [2.75, 3.05) is 7.11 Å². The van der Waals surface area contributed by atoms with Crippen molar-refractivity contribution < 1.29 is 4.74 Å². The number of ether oxygens (including phenoxy) is 1. The van der Waals surface area contributed by atoms with Gasteiger partial charge in [0.1, 0.15) is 30.8 Å². The molecule has 0 saturated heterocycles. The summed E-state index contributed by atoms with van der Waals surface area (Å²) in [6.45, 7) is 0.517. The average Bonchev–Trinajstić information content (AvgIpc) is 3.11. The molecule has 96 valence electrons. The predicted octanol–water partition coefficient (Wildman–Crippen LogP) is 1.12. The first kappa shape index (κ1) is 11.4. The highest BCUT2D eigenvalue weighted by atomic mass is 16.5. The summed E-state index contributed by atoms with van der Waals surface area (Å²) in [4.78, 5) is 8.29. The second-order valence-corrected chi connectivity index (χ2v) is 3.93. The van der Waals surface area contributed by atoms with Gasteiger partial charge in [0.25, 0.3) is 0 Å². The zero-order valence-corrected chi connectivity index (χ0v) is 10.3. The van der Waals surface area contributed by atoms with Crippen molar-refractivity contribution in [1.29, 1.82) is 0 Å². The van der Waals surface area contributed by atoms with Crippen LogP contribution in [-0.2, 0) is 6.54 Å². The van der Waals surface area contributed by atoms with E-state index in [0.717, 1.165) is 17.1 Å². The molecule has 0 amide bonds. The zero-order valence-electron chi connectivity index (χ0n) is 10.3. The molecule has 0 fully saturated rings. The van der Waals surface area contributed by atoms with Crippen molar-refractivity contribution in [3.05, 3.63) is 42.7 Å². The molecule has 3 rings (SSSR count). The fraction of sp³-hybridized carbons (Fsp3) is 0.167. The second kappa shape index (κ2) is 4.89. The summed E-state index contributed by atoms with van der Waals surface area (Å²) in [7, 11) is 1.64. The highest BCUT2D eigenvalue weighted by Crippen LogP contribution is 2.18. The number of nitrogens with zero attached hydrogens (tertiary/aromatic N) is 5. The van der Waals surface area contributed by atoms with E-state index in [1.165, 1.54) is 6.33 Å². The van der Waals surface area contributed by atoms with E-state index in [4.69, 9.17) is 4.74 Å². The van der Waals surface area contributed by atoms with Gasteiger partial charge in [-0.15, -0.1) is 0 Å². The highest BCUT2D eigenvalue weighted by Gasteiger charge is 2.06. The molecule has 0 bridgehead atoms. The fourth-order valence-corrected chi connectivity index (χ4v) is 1.70. The number of methoxy groups -OCH3 is 1. The van der Waals surface area contributed by atoms with Gasteiger partial charge in [0.05, 0.1) is 7.11 Å². The standard InChI is InChI=1S/C12H12N6O/c1-19-10-4-2-9(3-5-10)12-15-11(16-17-12)6-18-8-13-7-14-18/h2-5,7-8H,6H2,1H3,(H,15,16,17). The van der Waals surface area contributed by atoms with E-state index in [2.05, 4.69) is 25.3 Å². The van der Waals surface area contributed by atoms with Crippen molar-refractivity contribution >= 4 is 0 Å². The van der Waals surface area contributed by atoms with Gasteiger partial charge >= 0.3 is 0 Å². The summed E-state index contributed by atoms with van der Waals surface area (Å²) in [5.74, 6) is 2.19. The number of nitrogens with one attached hydrogen (secondary N) is 1. The molecule has 0 aliphatic rings. The number of hydrogen-bond donors (Lipinski definition) is 1. The lowest BCUT2D eigenvalue weighted by Crippen LogP contribution is -2.01. The molecule has 0 unspecified atom stereocenters. The van der Waals surface area contributed by atoms with Crippen molar-refractivity contribution in [1.82, 2.24) is 29.9 Å². The smallest absolute Gasteiger partial charge is 0.181 e. The minimum atomic E-state index is 0.517. The zero-order chi connectivity index (χ0) is 13.1. The summed E-state index contributed by atoms with van der Waals surface area (Å²) in [6, 6.07) is 7.59. The van der Waals surface area contributed by atoms with Gasteiger partial charge in [-0.3, -0.25) is 5.10 Å². The summed E-state index contributed by atoms with van der Waals surface area (Å²) >= 11 is 0. The second-order valence-electron chi connectivity index (χ2n) is 3.93. The van der Waals surface area contributed by atoms with Crippen LogP contribution in [0.25, 0.3) is 11.4 Å². The highest BCUT2D eigenvalue weighted by molar-refractivity contribution is 5.55. The van der Waals surface area contributed by atoms with Crippen molar-refractivity contribution in [3.63, 3.8) is 0 Å².